The second kappa shape index (κ2) is 6.90. The maximum absolute atomic E-state index is 5.46. The van der Waals surface area contributed by atoms with Crippen molar-refractivity contribution >= 4 is 0 Å². The van der Waals surface area contributed by atoms with Gasteiger partial charge >= 0.3 is 0 Å². The van der Waals surface area contributed by atoms with Gasteiger partial charge in [-0.3, -0.25) is 4.98 Å². The third kappa shape index (κ3) is 3.47. The van der Waals surface area contributed by atoms with E-state index in [1.54, 1.807) is 7.11 Å². The molecule has 0 radical (unpaired) electrons. The molecule has 0 saturated carbocycles. The van der Waals surface area contributed by atoms with Gasteiger partial charge in [0.2, 0.25) is 0 Å². The summed E-state index contributed by atoms with van der Waals surface area (Å²) in [5, 5.41) is 3.69. The highest BCUT2D eigenvalue weighted by Gasteiger charge is 2.23. The molecule has 0 aliphatic rings. The zero-order chi connectivity index (χ0) is 14.5. The van der Waals surface area contributed by atoms with Crippen molar-refractivity contribution in [3.05, 3.63) is 23.0 Å². The molecule has 1 heterocycles. The first-order valence-corrected chi connectivity index (χ1v) is 7.27. The number of hydrogen-bond donors (Lipinski definition) is 1. The van der Waals surface area contributed by atoms with Crippen molar-refractivity contribution in [3.8, 4) is 5.75 Å². The van der Waals surface area contributed by atoms with Crippen LogP contribution in [0, 0.1) is 13.8 Å². The molecule has 1 rings (SSSR count). The van der Waals surface area contributed by atoms with Crippen LogP contribution < -0.4 is 10.1 Å². The number of aromatic nitrogens is 1. The molecule has 1 aromatic rings. The Morgan fingerprint density at radius 3 is 2.21 bits per heavy atom. The van der Waals surface area contributed by atoms with Crippen LogP contribution in [0.15, 0.2) is 6.20 Å². The number of nitrogens with one attached hydrogen (secondary N) is 1. The van der Waals surface area contributed by atoms with Crippen molar-refractivity contribution in [2.75, 3.05) is 7.11 Å². The molecular weight excluding hydrogens is 236 g/mol. The van der Waals surface area contributed by atoms with E-state index in [-0.39, 0.29) is 5.54 Å². The Morgan fingerprint density at radius 1 is 1.16 bits per heavy atom. The van der Waals surface area contributed by atoms with Gasteiger partial charge in [-0.2, -0.15) is 0 Å². The number of hydrogen-bond acceptors (Lipinski definition) is 3. The van der Waals surface area contributed by atoms with Gasteiger partial charge in [0, 0.05) is 29.4 Å². The summed E-state index contributed by atoms with van der Waals surface area (Å²) < 4.78 is 5.46. The lowest BCUT2D eigenvalue weighted by Crippen LogP contribution is -2.43. The Balaban J connectivity index is 2.89. The van der Waals surface area contributed by atoms with Crippen LogP contribution in [0.1, 0.15) is 56.9 Å². The standard InChI is InChI=1S/C16H28N2O/c1-7-16(8-2,9-3)18-11-14-13(5)15(19-6)12(4)10-17-14/h10,18H,7-9,11H2,1-6H3. The minimum absolute atomic E-state index is 0.228. The van der Waals surface area contributed by atoms with Crippen molar-refractivity contribution in [1.29, 1.82) is 0 Å². The average molecular weight is 264 g/mol. The Morgan fingerprint density at radius 2 is 1.74 bits per heavy atom. The topological polar surface area (TPSA) is 34.2 Å². The molecule has 3 nitrogen and oxygen atoms in total. The fourth-order valence-electron chi connectivity index (χ4n) is 2.65. The van der Waals surface area contributed by atoms with E-state index < -0.39 is 0 Å². The van der Waals surface area contributed by atoms with Gasteiger partial charge in [0.15, 0.2) is 0 Å². The molecule has 0 spiro atoms. The maximum Gasteiger partial charge on any atom is 0.128 e. The van der Waals surface area contributed by atoms with Crippen molar-refractivity contribution in [2.45, 2.75) is 66.0 Å². The normalized spacial score (nSPS) is 11.7. The Bertz CT molecular complexity index is 403. The molecule has 0 aromatic carbocycles. The predicted molar refractivity (Wildman–Crippen MR) is 80.7 cm³/mol. The fourth-order valence-corrected chi connectivity index (χ4v) is 2.65. The van der Waals surface area contributed by atoms with Gasteiger partial charge in [0.05, 0.1) is 12.8 Å². The highest BCUT2D eigenvalue weighted by atomic mass is 16.5. The minimum Gasteiger partial charge on any atom is -0.496 e. The van der Waals surface area contributed by atoms with E-state index in [2.05, 4.69) is 38.0 Å². The Kier molecular flexibility index (Phi) is 5.80. The van der Waals surface area contributed by atoms with Gasteiger partial charge in [0.25, 0.3) is 0 Å². The predicted octanol–water partition coefficient (Wildman–Crippen LogP) is 3.77. The van der Waals surface area contributed by atoms with E-state index in [0.29, 0.717) is 0 Å². The van der Waals surface area contributed by atoms with E-state index >= 15 is 0 Å². The summed E-state index contributed by atoms with van der Waals surface area (Å²) in [5.74, 6) is 0.960. The summed E-state index contributed by atoms with van der Waals surface area (Å²) in [7, 11) is 1.72. The largest absolute Gasteiger partial charge is 0.496 e. The first kappa shape index (κ1) is 16.0. The zero-order valence-corrected chi connectivity index (χ0v) is 13.3. The van der Waals surface area contributed by atoms with E-state index in [9.17, 15) is 0 Å². The SMILES string of the molecule is CCC(CC)(CC)NCc1ncc(C)c(OC)c1C. The van der Waals surface area contributed by atoms with Crippen LogP contribution in [0.2, 0.25) is 0 Å². The van der Waals surface area contributed by atoms with Crippen LogP contribution in [0.4, 0.5) is 0 Å². The van der Waals surface area contributed by atoms with E-state index in [1.807, 2.05) is 13.1 Å². The lowest BCUT2D eigenvalue weighted by Gasteiger charge is -2.32. The second-order valence-electron chi connectivity index (χ2n) is 5.24. The summed E-state index contributed by atoms with van der Waals surface area (Å²) in [5.41, 5.74) is 3.55. The highest BCUT2D eigenvalue weighted by Crippen LogP contribution is 2.25. The number of rotatable bonds is 7. The fraction of sp³-hybridized carbons (Fsp3) is 0.688. The lowest BCUT2D eigenvalue weighted by atomic mass is 9.89. The molecule has 3 heteroatoms. The third-order valence-electron chi connectivity index (χ3n) is 4.41. The quantitative estimate of drug-likeness (QED) is 0.814. The van der Waals surface area contributed by atoms with Gasteiger partial charge in [-0.25, -0.2) is 0 Å². The van der Waals surface area contributed by atoms with Crippen LogP contribution in [0.5, 0.6) is 5.75 Å². The average Bonchev–Trinajstić information content (AvgIpc) is 2.43. The van der Waals surface area contributed by atoms with Crippen molar-refractivity contribution in [1.82, 2.24) is 10.3 Å². The van der Waals surface area contributed by atoms with Crippen LogP contribution in [-0.4, -0.2) is 17.6 Å². The summed E-state index contributed by atoms with van der Waals surface area (Å²) in [4.78, 5) is 4.55. The van der Waals surface area contributed by atoms with E-state index in [1.165, 1.54) is 0 Å². The summed E-state index contributed by atoms with van der Waals surface area (Å²) in [6, 6.07) is 0. The molecular formula is C16H28N2O. The van der Waals surface area contributed by atoms with Crippen molar-refractivity contribution in [3.63, 3.8) is 0 Å². The Labute approximate surface area is 117 Å². The highest BCUT2D eigenvalue weighted by molar-refractivity contribution is 5.41. The molecule has 0 aliphatic heterocycles. The van der Waals surface area contributed by atoms with Crippen molar-refractivity contribution < 1.29 is 4.74 Å². The number of methoxy groups -OCH3 is 1. The minimum atomic E-state index is 0.228. The molecule has 0 aliphatic carbocycles. The van der Waals surface area contributed by atoms with Crippen LogP contribution >= 0.6 is 0 Å². The molecule has 0 saturated heterocycles. The monoisotopic (exact) mass is 264 g/mol. The molecule has 1 aromatic heterocycles. The van der Waals surface area contributed by atoms with Gasteiger partial charge in [-0.1, -0.05) is 20.8 Å². The summed E-state index contributed by atoms with van der Waals surface area (Å²) in [6.07, 6.45) is 5.32. The van der Waals surface area contributed by atoms with E-state index in [4.69, 9.17) is 4.74 Å². The van der Waals surface area contributed by atoms with Gasteiger partial charge in [-0.15, -0.1) is 0 Å². The third-order valence-corrected chi connectivity index (χ3v) is 4.41. The zero-order valence-electron chi connectivity index (χ0n) is 13.3. The van der Waals surface area contributed by atoms with Gasteiger partial charge < -0.3 is 10.1 Å². The van der Waals surface area contributed by atoms with Crippen molar-refractivity contribution in [2.24, 2.45) is 0 Å². The second-order valence-corrected chi connectivity index (χ2v) is 5.24. The van der Waals surface area contributed by atoms with Crippen LogP contribution in [-0.2, 0) is 6.54 Å². The molecule has 1 N–H and O–H groups in total. The first-order chi connectivity index (χ1) is 9.03. The lowest BCUT2D eigenvalue weighted by molar-refractivity contribution is 0.286. The number of ether oxygens (including phenoxy) is 1. The molecule has 0 amide bonds. The van der Waals surface area contributed by atoms with Gasteiger partial charge in [0.1, 0.15) is 5.75 Å². The molecule has 0 fully saturated rings. The maximum atomic E-state index is 5.46. The Hall–Kier alpha value is -1.09. The van der Waals surface area contributed by atoms with Crippen LogP contribution in [0.3, 0.4) is 0 Å². The van der Waals surface area contributed by atoms with E-state index in [0.717, 1.165) is 48.4 Å². The molecule has 19 heavy (non-hydrogen) atoms. The first-order valence-electron chi connectivity index (χ1n) is 7.27. The molecule has 0 bridgehead atoms. The molecule has 108 valence electrons. The van der Waals surface area contributed by atoms with Crippen LogP contribution in [0.25, 0.3) is 0 Å². The smallest absolute Gasteiger partial charge is 0.128 e. The molecule has 0 unspecified atom stereocenters. The summed E-state index contributed by atoms with van der Waals surface area (Å²) >= 11 is 0. The summed E-state index contributed by atoms with van der Waals surface area (Å²) in [6.45, 7) is 11.7. The molecule has 0 atom stereocenters. The number of nitrogens with zero attached hydrogens (tertiary/aromatic N) is 1. The van der Waals surface area contributed by atoms with Gasteiger partial charge in [-0.05, 0) is 33.1 Å². The number of pyridine rings is 1. The number of aryl methyl sites for hydroxylation is 1.